The average Bonchev–Trinajstić information content (AvgIpc) is 2.77. The Balaban J connectivity index is 0.00000240. The third kappa shape index (κ3) is 3.94. The molecule has 4 rings (SSSR count). The molecular formula is C26H25ClNP. The van der Waals surface area contributed by atoms with Crippen LogP contribution in [0.5, 0.6) is 0 Å². The first-order valence-electron chi connectivity index (χ1n) is 9.57. The van der Waals surface area contributed by atoms with E-state index in [1.807, 2.05) is 0 Å². The molecule has 1 nitrogen and oxygen atoms in total. The van der Waals surface area contributed by atoms with Gasteiger partial charge < -0.3 is 17.3 Å². The van der Waals surface area contributed by atoms with Crippen LogP contribution in [-0.4, -0.2) is 14.1 Å². The fourth-order valence-corrected chi connectivity index (χ4v) is 8.07. The van der Waals surface area contributed by atoms with E-state index in [9.17, 15) is 0 Å². The summed E-state index contributed by atoms with van der Waals surface area (Å²) in [6, 6.07) is 42.1. The minimum absolute atomic E-state index is 0. The van der Waals surface area contributed by atoms with Crippen molar-refractivity contribution in [3.8, 4) is 0 Å². The zero-order chi connectivity index (χ0) is 19.4. The highest BCUT2D eigenvalue weighted by Crippen LogP contribution is 2.54. The van der Waals surface area contributed by atoms with E-state index in [1.54, 1.807) is 0 Å². The zero-order valence-corrected chi connectivity index (χ0v) is 18.4. The Labute approximate surface area is 180 Å². The third-order valence-electron chi connectivity index (χ3n) is 5.18. The van der Waals surface area contributed by atoms with Crippen LogP contribution in [0, 0.1) is 0 Å². The molecule has 0 amide bonds. The molecule has 0 radical (unpaired) electrons. The fourth-order valence-electron chi connectivity index (χ4n) is 3.82. The number of benzene rings is 4. The first-order chi connectivity index (χ1) is 13.7. The molecule has 0 aromatic heterocycles. The SMILES string of the molecule is CN(C)c1ccc([P+](c2ccccc2)(c2ccccc2)c2ccccc2)cc1.[Cl-]. The van der Waals surface area contributed by atoms with Crippen LogP contribution < -0.4 is 38.5 Å². The van der Waals surface area contributed by atoms with Crippen molar-refractivity contribution in [2.45, 2.75) is 0 Å². The van der Waals surface area contributed by atoms with Crippen molar-refractivity contribution in [3.05, 3.63) is 115 Å². The summed E-state index contributed by atoms with van der Waals surface area (Å²) in [5.74, 6) is 0. The monoisotopic (exact) mass is 417 g/mol. The Bertz CT molecular complexity index is 920. The van der Waals surface area contributed by atoms with E-state index in [-0.39, 0.29) is 12.4 Å². The lowest BCUT2D eigenvalue weighted by atomic mass is 10.3. The normalized spacial score (nSPS) is 10.8. The molecule has 0 fully saturated rings. The molecular weight excluding hydrogens is 393 g/mol. The van der Waals surface area contributed by atoms with Gasteiger partial charge in [0.05, 0.1) is 0 Å². The summed E-state index contributed by atoms with van der Waals surface area (Å²) >= 11 is 0. The van der Waals surface area contributed by atoms with Crippen LogP contribution in [-0.2, 0) is 0 Å². The second-order valence-corrected chi connectivity index (χ2v) is 10.5. The van der Waals surface area contributed by atoms with Gasteiger partial charge in [0.15, 0.2) is 0 Å². The number of hydrogen-bond acceptors (Lipinski definition) is 1. The van der Waals surface area contributed by atoms with E-state index < -0.39 is 7.26 Å². The number of hydrogen-bond donors (Lipinski definition) is 0. The van der Waals surface area contributed by atoms with Crippen LogP contribution in [0.2, 0.25) is 0 Å². The predicted molar refractivity (Wildman–Crippen MR) is 126 cm³/mol. The Morgan fingerprint density at radius 3 is 1.07 bits per heavy atom. The first-order valence-corrected chi connectivity index (χ1v) is 11.4. The van der Waals surface area contributed by atoms with E-state index in [4.69, 9.17) is 0 Å². The molecule has 0 N–H and O–H groups in total. The van der Waals surface area contributed by atoms with Crippen molar-refractivity contribution in [3.63, 3.8) is 0 Å². The zero-order valence-electron chi connectivity index (χ0n) is 16.7. The summed E-state index contributed by atoms with van der Waals surface area (Å²) in [5.41, 5.74) is 1.22. The molecule has 146 valence electrons. The summed E-state index contributed by atoms with van der Waals surface area (Å²) in [4.78, 5) is 2.15. The molecule has 0 aliphatic heterocycles. The molecule has 0 saturated heterocycles. The lowest BCUT2D eigenvalue weighted by Crippen LogP contribution is -3.00. The van der Waals surface area contributed by atoms with Gasteiger partial charge >= 0.3 is 0 Å². The quantitative estimate of drug-likeness (QED) is 0.443. The summed E-state index contributed by atoms with van der Waals surface area (Å²) in [6.07, 6.45) is 0. The van der Waals surface area contributed by atoms with Gasteiger partial charge in [0.25, 0.3) is 0 Å². The van der Waals surface area contributed by atoms with Crippen LogP contribution >= 0.6 is 7.26 Å². The molecule has 29 heavy (non-hydrogen) atoms. The Hall–Kier alpha value is -2.60. The molecule has 0 saturated carbocycles. The smallest absolute Gasteiger partial charge is 0.144 e. The van der Waals surface area contributed by atoms with E-state index in [2.05, 4.69) is 134 Å². The largest absolute Gasteiger partial charge is 1.00 e. The van der Waals surface area contributed by atoms with Crippen molar-refractivity contribution >= 4 is 34.2 Å². The number of anilines is 1. The van der Waals surface area contributed by atoms with E-state index >= 15 is 0 Å². The van der Waals surface area contributed by atoms with Crippen molar-refractivity contribution in [1.29, 1.82) is 0 Å². The van der Waals surface area contributed by atoms with Crippen molar-refractivity contribution in [1.82, 2.24) is 0 Å². The van der Waals surface area contributed by atoms with E-state index in [1.165, 1.54) is 26.9 Å². The van der Waals surface area contributed by atoms with Gasteiger partial charge in [-0.1, -0.05) is 54.6 Å². The summed E-state index contributed by atoms with van der Waals surface area (Å²) in [6.45, 7) is 0. The lowest BCUT2D eigenvalue weighted by molar-refractivity contribution is -0.00000543. The molecule has 0 aliphatic carbocycles. The predicted octanol–water partition coefficient (Wildman–Crippen LogP) is 1.38. The second kappa shape index (κ2) is 9.27. The molecule has 0 bridgehead atoms. The number of nitrogens with zero attached hydrogens (tertiary/aromatic N) is 1. The van der Waals surface area contributed by atoms with Crippen molar-refractivity contribution in [2.75, 3.05) is 19.0 Å². The summed E-state index contributed by atoms with van der Waals surface area (Å²) in [5, 5.41) is 5.52. The van der Waals surface area contributed by atoms with Crippen LogP contribution in [0.1, 0.15) is 0 Å². The molecule has 4 aromatic rings. The van der Waals surface area contributed by atoms with Gasteiger partial charge in [-0.15, -0.1) is 0 Å². The molecule has 0 heterocycles. The van der Waals surface area contributed by atoms with Gasteiger partial charge in [-0.2, -0.15) is 0 Å². The van der Waals surface area contributed by atoms with Gasteiger partial charge in [-0.3, -0.25) is 0 Å². The Kier molecular flexibility index (Phi) is 6.75. The van der Waals surface area contributed by atoms with Gasteiger partial charge in [-0.05, 0) is 60.7 Å². The van der Waals surface area contributed by atoms with E-state index in [0.29, 0.717) is 0 Å². The average molecular weight is 418 g/mol. The van der Waals surface area contributed by atoms with Gasteiger partial charge in [0, 0.05) is 19.8 Å². The maximum atomic E-state index is 2.32. The molecule has 0 unspecified atom stereocenters. The first kappa shape index (κ1) is 21.1. The highest BCUT2D eigenvalue weighted by Gasteiger charge is 2.47. The van der Waals surface area contributed by atoms with Crippen molar-refractivity contribution < 1.29 is 12.4 Å². The van der Waals surface area contributed by atoms with Crippen LogP contribution in [0.15, 0.2) is 115 Å². The minimum Gasteiger partial charge on any atom is -1.00 e. The Morgan fingerprint density at radius 2 is 0.759 bits per heavy atom. The second-order valence-electron chi connectivity index (χ2n) is 7.09. The third-order valence-corrected chi connectivity index (χ3v) is 9.47. The van der Waals surface area contributed by atoms with Crippen LogP contribution in [0.4, 0.5) is 5.69 Å². The number of halogens is 1. The van der Waals surface area contributed by atoms with Gasteiger partial charge in [0.1, 0.15) is 28.5 Å². The highest BCUT2D eigenvalue weighted by atomic mass is 35.5. The molecule has 0 spiro atoms. The van der Waals surface area contributed by atoms with Crippen LogP contribution in [0.25, 0.3) is 0 Å². The van der Waals surface area contributed by atoms with E-state index in [0.717, 1.165) is 0 Å². The topological polar surface area (TPSA) is 3.24 Å². The summed E-state index contributed by atoms with van der Waals surface area (Å²) in [7, 11) is 2.20. The molecule has 3 heteroatoms. The van der Waals surface area contributed by atoms with Crippen LogP contribution in [0.3, 0.4) is 0 Å². The lowest BCUT2D eigenvalue weighted by Gasteiger charge is -2.28. The van der Waals surface area contributed by atoms with Gasteiger partial charge in [-0.25, -0.2) is 0 Å². The highest BCUT2D eigenvalue weighted by molar-refractivity contribution is 8.01. The molecule has 4 aromatic carbocycles. The Morgan fingerprint density at radius 1 is 0.448 bits per heavy atom. The van der Waals surface area contributed by atoms with Crippen molar-refractivity contribution in [2.24, 2.45) is 0 Å². The minimum atomic E-state index is -1.97. The molecule has 0 aliphatic rings. The van der Waals surface area contributed by atoms with Gasteiger partial charge in [0.2, 0.25) is 0 Å². The maximum absolute atomic E-state index is 2.32. The fraction of sp³-hybridized carbons (Fsp3) is 0.0769. The number of rotatable bonds is 5. The maximum Gasteiger partial charge on any atom is 0.144 e. The summed E-state index contributed by atoms with van der Waals surface area (Å²) < 4.78 is 0. The molecule has 0 atom stereocenters. The standard InChI is InChI=1S/C26H25NP.ClH/c1-27(2)22-18-20-26(21-19-22)28(23-12-6-3-7-13-23,24-14-8-4-9-15-24)25-16-10-5-11-17-25;/h3-21H,1-2H3;1H/q+1;/p-1.